The van der Waals surface area contributed by atoms with E-state index in [2.05, 4.69) is 20.4 Å². The third-order valence-corrected chi connectivity index (χ3v) is 3.65. The molecular formula is C11H20O2S. The molecule has 14 heavy (non-hydrogen) atoms. The van der Waals surface area contributed by atoms with E-state index < -0.39 is 0 Å². The van der Waals surface area contributed by atoms with E-state index in [4.69, 9.17) is 9.47 Å². The number of allylic oxidation sites excluding steroid dienone is 1. The number of ether oxygens (including phenoxy) is 2. The van der Waals surface area contributed by atoms with Crippen molar-refractivity contribution in [2.75, 3.05) is 19.0 Å². The van der Waals surface area contributed by atoms with E-state index >= 15 is 0 Å². The van der Waals surface area contributed by atoms with Gasteiger partial charge >= 0.3 is 0 Å². The molecule has 2 nitrogen and oxygen atoms in total. The van der Waals surface area contributed by atoms with E-state index in [1.54, 1.807) is 0 Å². The van der Waals surface area contributed by atoms with Crippen molar-refractivity contribution in [2.24, 2.45) is 0 Å². The molecule has 0 bridgehead atoms. The molecule has 0 aliphatic carbocycles. The Labute approximate surface area is 91.0 Å². The van der Waals surface area contributed by atoms with Gasteiger partial charge in [-0.3, -0.25) is 0 Å². The SMILES string of the molecule is C=CCCCSC(C)(C)C1OCCO1. The fourth-order valence-corrected chi connectivity index (χ4v) is 2.50. The molecule has 0 unspecified atom stereocenters. The Hall–Kier alpha value is 0.01000. The van der Waals surface area contributed by atoms with Crippen LogP contribution in [-0.4, -0.2) is 30.0 Å². The van der Waals surface area contributed by atoms with E-state index in [0.29, 0.717) is 0 Å². The molecule has 1 aliphatic rings. The lowest BCUT2D eigenvalue weighted by atomic mass is 10.2. The first-order chi connectivity index (χ1) is 6.67. The Bertz CT molecular complexity index is 174. The van der Waals surface area contributed by atoms with Gasteiger partial charge in [-0.15, -0.1) is 6.58 Å². The maximum Gasteiger partial charge on any atom is 0.171 e. The van der Waals surface area contributed by atoms with Crippen molar-refractivity contribution in [1.82, 2.24) is 0 Å². The topological polar surface area (TPSA) is 18.5 Å². The minimum absolute atomic E-state index is 0.0313. The normalized spacial score (nSPS) is 18.7. The number of hydrogen-bond acceptors (Lipinski definition) is 3. The van der Waals surface area contributed by atoms with Gasteiger partial charge in [-0.05, 0) is 32.4 Å². The predicted octanol–water partition coefficient (Wildman–Crippen LogP) is 2.84. The maximum absolute atomic E-state index is 5.51. The molecule has 0 atom stereocenters. The predicted molar refractivity (Wildman–Crippen MR) is 61.7 cm³/mol. The molecular weight excluding hydrogens is 196 g/mol. The Morgan fingerprint density at radius 1 is 1.43 bits per heavy atom. The zero-order valence-corrected chi connectivity index (χ0v) is 9.94. The molecule has 1 fully saturated rings. The minimum Gasteiger partial charge on any atom is -0.349 e. The van der Waals surface area contributed by atoms with Crippen molar-refractivity contribution >= 4 is 11.8 Å². The van der Waals surface area contributed by atoms with Crippen LogP contribution in [0.25, 0.3) is 0 Å². The van der Waals surface area contributed by atoms with Crippen LogP contribution >= 0.6 is 11.8 Å². The summed E-state index contributed by atoms with van der Waals surface area (Å²) in [4.78, 5) is 0. The summed E-state index contributed by atoms with van der Waals surface area (Å²) in [7, 11) is 0. The second-order valence-corrected chi connectivity index (χ2v) is 5.71. The Balaban J connectivity index is 2.22. The van der Waals surface area contributed by atoms with Crippen LogP contribution in [0.5, 0.6) is 0 Å². The fraction of sp³-hybridized carbons (Fsp3) is 0.818. The van der Waals surface area contributed by atoms with Crippen LogP contribution in [0.15, 0.2) is 12.7 Å². The molecule has 1 saturated heterocycles. The van der Waals surface area contributed by atoms with Crippen molar-refractivity contribution in [1.29, 1.82) is 0 Å². The van der Waals surface area contributed by atoms with Crippen molar-refractivity contribution < 1.29 is 9.47 Å². The van der Waals surface area contributed by atoms with Crippen molar-refractivity contribution in [2.45, 2.75) is 37.7 Å². The molecule has 0 amide bonds. The molecule has 82 valence electrons. The van der Waals surface area contributed by atoms with E-state index in [1.165, 1.54) is 6.42 Å². The van der Waals surface area contributed by atoms with Crippen LogP contribution in [0, 0.1) is 0 Å². The van der Waals surface area contributed by atoms with Crippen molar-refractivity contribution in [3.8, 4) is 0 Å². The number of hydrogen-bond donors (Lipinski definition) is 0. The summed E-state index contributed by atoms with van der Waals surface area (Å²) in [5.74, 6) is 1.14. The molecule has 1 heterocycles. The van der Waals surface area contributed by atoms with Gasteiger partial charge in [0.05, 0.1) is 18.0 Å². The van der Waals surface area contributed by atoms with Crippen molar-refractivity contribution in [3.63, 3.8) is 0 Å². The highest BCUT2D eigenvalue weighted by Gasteiger charge is 2.34. The molecule has 0 aromatic carbocycles. The summed E-state index contributed by atoms with van der Waals surface area (Å²) in [6.45, 7) is 9.55. The standard InChI is InChI=1S/C11H20O2S/c1-4-5-6-9-14-11(2,3)10-12-7-8-13-10/h4,10H,1,5-9H2,2-3H3. The van der Waals surface area contributed by atoms with Crippen LogP contribution in [0.1, 0.15) is 26.7 Å². The highest BCUT2D eigenvalue weighted by Crippen LogP contribution is 2.33. The Kier molecular flexibility index (Phi) is 4.99. The van der Waals surface area contributed by atoms with Gasteiger partial charge in [-0.2, -0.15) is 11.8 Å². The lowest BCUT2D eigenvalue weighted by molar-refractivity contribution is -0.0612. The van der Waals surface area contributed by atoms with Crippen molar-refractivity contribution in [3.05, 3.63) is 12.7 Å². The molecule has 1 rings (SSSR count). The first kappa shape index (κ1) is 12.1. The van der Waals surface area contributed by atoms with Gasteiger partial charge in [0, 0.05) is 0 Å². The van der Waals surface area contributed by atoms with Gasteiger partial charge in [-0.25, -0.2) is 0 Å². The molecule has 0 aromatic rings. The number of unbranched alkanes of at least 4 members (excludes halogenated alkanes) is 1. The lowest BCUT2D eigenvalue weighted by Gasteiger charge is -2.29. The van der Waals surface area contributed by atoms with E-state index in [1.807, 2.05) is 17.8 Å². The Morgan fingerprint density at radius 3 is 2.64 bits per heavy atom. The summed E-state index contributed by atoms with van der Waals surface area (Å²) < 4.78 is 11.1. The summed E-state index contributed by atoms with van der Waals surface area (Å²) in [6, 6.07) is 0. The zero-order valence-electron chi connectivity index (χ0n) is 9.12. The van der Waals surface area contributed by atoms with Crippen LogP contribution in [0.4, 0.5) is 0 Å². The first-order valence-corrected chi connectivity index (χ1v) is 6.13. The second kappa shape index (κ2) is 5.79. The molecule has 0 saturated carbocycles. The maximum atomic E-state index is 5.51. The molecule has 3 heteroatoms. The quantitative estimate of drug-likeness (QED) is 0.502. The fourth-order valence-electron chi connectivity index (χ4n) is 1.39. The van der Waals surface area contributed by atoms with E-state index in [9.17, 15) is 0 Å². The molecule has 0 N–H and O–H groups in total. The van der Waals surface area contributed by atoms with E-state index in [-0.39, 0.29) is 11.0 Å². The molecule has 1 aliphatic heterocycles. The van der Waals surface area contributed by atoms with Crippen LogP contribution < -0.4 is 0 Å². The molecule has 0 spiro atoms. The van der Waals surface area contributed by atoms with Crippen LogP contribution in [0.2, 0.25) is 0 Å². The number of rotatable bonds is 6. The zero-order chi connectivity index (χ0) is 10.4. The summed E-state index contributed by atoms with van der Waals surface area (Å²) in [5.41, 5.74) is 0. The van der Waals surface area contributed by atoms with Crippen LogP contribution in [0.3, 0.4) is 0 Å². The van der Waals surface area contributed by atoms with Gasteiger partial charge in [0.15, 0.2) is 6.29 Å². The average Bonchev–Trinajstić information content (AvgIpc) is 2.65. The monoisotopic (exact) mass is 216 g/mol. The highest BCUT2D eigenvalue weighted by molar-refractivity contribution is 8.00. The van der Waals surface area contributed by atoms with Gasteiger partial charge in [0.2, 0.25) is 0 Å². The second-order valence-electron chi connectivity index (χ2n) is 3.96. The third kappa shape index (κ3) is 3.64. The molecule has 0 aromatic heterocycles. The largest absolute Gasteiger partial charge is 0.349 e. The lowest BCUT2D eigenvalue weighted by Crippen LogP contribution is -2.34. The summed E-state index contributed by atoms with van der Waals surface area (Å²) in [5, 5.41) is 0. The van der Waals surface area contributed by atoms with E-state index in [0.717, 1.165) is 25.4 Å². The number of thioether (sulfide) groups is 1. The third-order valence-electron chi connectivity index (χ3n) is 2.22. The minimum atomic E-state index is -0.0313. The molecule has 0 radical (unpaired) electrons. The van der Waals surface area contributed by atoms with Gasteiger partial charge in [0.25, 0.3) is 0 Å². The highest BCUT2D eigenvalue weighted by atomic mass is 32.2. The average molecular weight is 216 g/mol. The van der Waals surface area contributed by atoms with Gasteiger partial charge in [0.1, 0.15) is 0 Å². The van der Waals surface area contributed by atoms with Gasteiger partial charge in [-0.1, -0.05) is 6.08 Å². The summed E-state index contributed by atoms with van der Waals surface area (Å²) >= 11 is 1.92. The Morgan fingerprint density at radius 2 is 2.07 bits per heavy atom. The van der Waals surface area contributed by atoms with Crippen LogP contribution in [-0.2, 0) is 9.47 Å². The first-order valence-electron chi connectivity index (χ1n) is 5.15. The van der Waals surface area contributed by atoms with Gasteiger partial charge < -0.3 is 9.47 Å². The smallest absolute Gasteiger partial charge is 0.171 e. The summed E-state index contributed by atoms with van der Waals surface area (Å²) in [6.07, 6.45) is 4.21.